The molecule has 45 heavy (non-hydrogen) atoms. The van der Waals surface area contributed by atoms with Crippen molar-refractivity contribution in [3.8, 4) is 17.1 Å². The minimum absolute atomic E-state index is 0.0609. The van der Waals surface area contributed by atoms with E-state index in [0.717, 1.165) is 11.3 Å². The number of carboxylic acid groups (broad SMARTS) is 1. The Hall–Kier alpha value is -5.19. The van der Waals surface area contributed by atoms with E-state index in [1.54, 1.807) is 44.4 Å². The molecule has 1 aliphatic rings. The van der Waals surface area contributed by atoms with Crippen LogP contribution in [0.3, 0.4) is 0 Å². The highest BCUT2D eigenvalue weighted by molar-refractivity contribution is 7.07. The van der Waals surface area contributed by atoms with Gasteiger partial charge in [0.05, 0.1) is 46.1 Å². The number of carbonyl (C=O) groups is 2. The van der Waals surface area contributed by atoms with Crippen LogP contribution in [0.2, 0.25) is 5.02 Å². The molecule has 0 amide bonds. The molecule has 0 saturated carbocycles. The number of rotatable bonds is 8. The van der Waals surface area contributed by atoms with Gasteiger partial charge in [-0.05, 0) is 55.0 Å². The van der Waals surface area contributed by atoms with E-state index in [-0.39, 0.29) is 23.3 Å². The van der Waals surface area contributed by atoms with Crippen molar-refractivity contribution < 1.29 is 28.6 Å². The number of nitrogens with zero attached hydrogens (tertiary/aromatic N) is 2. The van der Waals surface area contributed by atoms with Gasteiger partial charge in [0.2, 0.25) is 0 Å². The zero-order valence-corrected chi connectivity index (χ0v) is 25.6. The largest absolute Gasteiger partial charge is 0.497 e. The number of thiazole rings is 1. The molecular weight excluding hydrogens is 616 g/mol. The minimum Gasteiger partial charge on any atom is -0.497 e. The Morgan fingerprint density at radius 3 is 2.51 bits per heavy atom. The van der Waals surface area contributed by atoms with Crippen LogP contribution in [0.5, 0.6) is 5.75 Å². The summed E-state index contributed by atoms with van der Waals surface area (Å²) < 4.78 is 18.6. The fraction of sp³-hybridized carbons (Fsp3) is 0.118. The number of esters is 1. The molecule has 226 valence electrons. The fourth-order valence-corrected chi connectivity index (χ4v) is 6.29. The lowest BCUT2D eigenvalue weighted by atomic mass is 9.93. The normalized spacial score (nSPS) is 14.6. The summed E-state index contributed by atoms with van der Waals surface area (Å²) >= 11 is 7.50. The minimum atomic E-state index is -1.09. The number of carbonyl (C=O) groups excluding carboxylic acids is 1. The molecule has 0 aliphatic carbocycles. The Kier molecular flexibility index (Phi) is 8.25. The molecule has 9 nitrogen and oxygen atoms in total. The average molecular weight is 641 g/mol. The molecular formula is C34H25ClN2O7S. The van der Waals surface area contributed by atoms with Crippen LogP contribution in [0.25, 0.3) is 23.1 Å². The van der Waals surface area contributed by atoms with E-state index in [0.29, 0.717) is 54.0 Å². The number of hydrogen-bond acceptors (Lipinski definition) is 8. The first-order valence-corrected chi connectivity index (χ1v) is 15.0. The molecule has 0 saturated heterocycles. The Balaban J connectivity index is 1.54. The third-order valence-corrected chi connectivity index (χ3v) is 8.50. The number of halogens is 1. The lowest BCUT2D eigenvalue weighted by Gasteiger charge is -2.26. The van der Waals surface area contributed by atoms with E-state index >= 15 is 0 Å². The molecule has 3 heterocycles. The number of hydrogen-bond donors (Lipinski definition) is 1. The van der Waals surface area contributed by atoms with E-state index < -0.39 is 18.0 Å². The van der Waals surface area contributed by atoms with E-state index in [2.05, 4.69) is 0 Å². The van der Waals surface area contributed by atoms with Crippen LogP contribution >= 0.6 is 22.9 Å². The second kappa shape index (κ2) is 12.4. The topological polar surface area (TPSA) is 120 Å². The van der Waals surface area contributed by atoms with E-state index in [9.17, 15) is 19.5 Å². The van der Waals surface area contributed by atoms with Crippen molar-refractivity contribution in [3.63, 3.8) is 0 Å². The number of carboxylic acids is 1. The molecule has 0 radical (unpaired) electrons. The third kappa shape index (κ3) is 5.73. The molecule has 5 aromatic rings. The average Bonchev–Trinajstić information content (AvgIpc) is 3.64. The van der Waals surface area contributed by atoms with Gasteiger partial charge in [-0.3, -0.25) is 9.36 Å². The van der Waals surface area contributed by atoms with Crippen LogP contribution in [0.15, 0.2) is 105 Å². The van der Waals surface area contributed by atoms with Crippen molar-refractivity contribution in [3.05, 3.63) is 138 Å². The number of ether oxygens (including phenoxy) is 2. The molecule has 6 rings (SSSR count). The van der Waals surface area contributed by atoms with Crippen LogP contribution < -0.4 is 19.6 Å². The molecule has 1 N–H and O–H groups in total. The molecule has 2 aromatic heterocycles. The van der Waals surface area contributed by atoms with Crippen molar-refractivity contribution >= 4 is 46.6 Å². The van der Waals surface area contributed by atoms with Gasteiger partial charge >= 0.3 is 11.9 Å². The second-order valence-corrected chi connectivity index (χ2v) is 11.3. The van der Waals surface area contributed by atoms with Crippen LogP contribution in [-0.4, -0.2) is 35.3 Å². The highest BCUT2D eigenvalue weighted by Crippen LogP contribution is 2.36. The molecule has 0 unspecified atom stereocenters. The smallest absolute Gasteiger partial charge is 0.338 e. The molecule has 0 spiro atoms. The summed E-state index contributed by atoms with van der Waals surface area (Å²) in [6.07, 6.45) is 1.59. The van der Waals surface area contributed by atoms with Gasteiger partial charge in [-0.15, -0.1) is 0 Å². The van der Waals surface area contributed by atoms with Crippen LogP contribution in [0.4, 0.5) is 0 Å². The van der Waals surface area contributed by atoms with Gasteiger partial charge in [0, 0.05) is 17.2 Å². The molecule has 11 heteroatoms. The van der Waals surface area contributed by atoms with Gasteiger partial charge in [0.15, 0.2) is 4.80 Å². The summed E-state index contributed by atoms with van der Waals surface area (Å²) in [7, 11) is 1.56. The zero-order chi connectivity index (χ0) is 31.7. The van der Waals surface area contributed by atoms with Crippen LogP contribution in [0.1, 0.15) is 40.2 Å². The Morgan fingerprint density at radius 1 is 1.07 bits per heavy atom. The zero-order valence-electron chi connectivity index (χ0n) is 24.0. The third-order valence-electron chi connectivity index (χ3n) is 7.18. The standard InChI is InChI=1S/C34H25ClN2O7S/c1-3-43-33(41)28-29(19-7-5-4-6-8-19)36-34-37(30(28)20-9-12-22(42-2)13-10-20)31(38)27(45-34)18-23-14-16-26(44-23)24-17-21(32(39)40)11-15-25(24)35/h4-18,30H,3H2,1-2H3,(H,39,40)/b27-18-/t30-/m1/s1. The Labute approximate surface area is 265 Å². The Morgan fingerprint density at radius 2 is 1.82 bits per heavy atom. The van der Waals surface area contributed by atoms with E-state index in [1.807, 2.05) is 42.5 Å². The predicted octanol–water partition coefficient (Wildman–Crippen LogP) is 5.56. The highest BCUT2D eigenvalue weighted by Gasteiger charge is 2.35. The van der Waals surface area contributed by atoms with Gasteiger partial charge in [-0.1, -0.05) is 65.4 Å². The SMILES string of the molecule is CCOC(=O)C1=C(c2ccccc2)N=c2s/c(=C\c3ccc(-c4cc(C(=O)O)ccc4Cl)o3)c(=O)n2[C@@H]1c1ccc(OC)cc1. The highest BCUT2D eigenvalue weighted by atomic mass is 35.5. The van der Waals surface area contributed by atoms with E-state index in [4.69, 9.17) is 30.5 Å². The van der Waals surface area contributed by atoms with Crippen molar-refractivity contribution in [1.29, 1.82) is 0 Å². The number of fused-ring (bicyclic) bond motifs is 1. The molecule has 3 aromatic carbocycles. The first-order chi connectivity index (χ1) is 21.8. The molecule has 1 aliphatic heterocycles. The second-order valence-electron chi connectivity index (χ2n) is 9.91. The maximum Gasteiger partial charge on any atom is 0.338 e. The first kappa shape index (κ1) is 29.9. The summed E-state index contributed by atoms with van der Waals surface area (Å²) in [5.74, 6) is -0.357. The van der Waals surface area contributed by atoms with Crippen molar-refractivity contribution in [2.45, 2.75) is 13.0 Å². The number of benzene rings is 3. The molecule has 0 bridgehead atoms. The van der Waals surface area contributed by atoms with Crippen molar-refractivity contribution in [1.82, 2.24) is 4.57 Å². The lowest BCUT2D eigenvalue weighted by Crippen LogP contribution is -2.40. The van der Waals surface area contributed by atoms with Crippen molar-refractivity contribution in [2.75, 3.05) is 13.7 Å². The van der Waals surface area contributed by atoms with Crippen molar-refractivity contribution in [2.24, 2.45) is 4.99 Å². The van der Waals surface area contributed by atoms with Gasteiger partial charge in [0.1, 0.15) is 17.3 Å². The fourth-order valence-electron chi connectivity index (χ4n) is 5.09. The van der Waals surface area contributed by atoms with Gasteiger partial charge < -0.3 is 19.0 Å². The number of aromatic carboxylic acids is 1. The number of furan rings is 1. The maximum atomic E-state index is 14.1. The number of methoxy groups -OCH3 is 1. The van der Waals surface area contributed by atoms with Gasteiger partial charge in [0.25, 0.3) is 5.56 Å². The first-order valence-electron chi connectivity index (χ1n) is 13.8. The summed E-state index contributed by atoms with van der Waals surface area (Å²) in [4.78, 5) is 44.4. The van der Waals surface area contributed by atoms with Gasteiger partial charge in [-0.25, -0.2) is 14.6 Å². The predicted molar refractivity (Wildman–Crippen MR) is 170 cm³/mol. The van der Waals surface area contributed by atoms with E-state index in [1.165, 1.54) is 22.8 Å². The maximum absolute atomic E-state index is 14.1. The molecule has 0 fully saturated rings. The Bertz CT molecular complexity index is 2140. The summed E-state index contributed by atoms with van der Waals surface area (Å²) in [6, 6.07) is 23.2. The summed E-state index contributed by atoms with van der Waals surface area (Å²) in [6.45, 7) is 1.87. The lowest BCUT2D eigenvalue weighted by molar-refractivity contribution is -0.138. The quantitative estimate of drug-likeness (QED) is 0.221. The number of aromatic nitrogens is 1. The van der Waals surface area contributed by atoms with Gasteiger partial charge in [-0.2, -0.15) is 0 Å². The van der Waals surface area contributed by atoms with Crippen LogP contribution in [0, 0.1) is 0 Å². The van der Waals surface area contributed by atoms with Crippen LogP contribution in [-0.2, 0) is 9.53 Å². The monoisotopic (exact) mass is 640 g/mol. The summed E-state index contributed by atoms with van der Waals surface area (Å²) in [5.41, 5.74) is 2.11. The molecule has 1 atom stereocenters. The summed E-state index contributed by atoms with van der Waals surface area (Å²) in [5, 5.41) is 9.72.